The molecule has 3 nitrogen and oxygen atoms in total. The third-order valence-electron chi connectivity index (χ3n) is 4.14. The van der Waals surface area contributed by atoms with Gasteiger partial charge in [-0.1, -0.05) is 12.1 Å². The molecule has 0 amide bonds. The van der Waals surface area contributed by atoms with E-state index in [0.29, 0.717) is 0 Å². The second-order valence-electron chi connectivity index (χ2n) is 5.77. The van der Waals surface area contributed by atoms with Gasteiger partial charge in [-0.05, 0) is 75.5 Å². The van der Waals surface area contributed by atoms with Crippen LogP contribution >= 0.6 is 0 Å². The van der Waals surface area contributed by atoms with Crippen LogP contribution in [-0.4, -0.2) is 34.5 Å². The number of aryl methyl sites for hydroxylation is 1. The minimum absolute atomic E-state index is 0.943. The minimum Gasteiger partial charge on any atom is -0.303 e. The first-order chi connectivity index (χ1) is 10.4. The maximum absolute atomic E-state index is 4.53. The Bertz CT molecular complexity index is 530. The summed E-state index contributed by atoms with van der Waals surface area (Å²) in [6.45, 7) is 3.88. The van der Waals surface area contributed by atoms with E-state index < -0.39 is 0 Å². The second-order valence-corrected chi connectivity index (χ2v) is 5.77. The van der Waals surface area contributed by atoms with E-state index in [1.54, 1.807) is 0 Å². The lowest BCUT2D eigenvalue weighted by atomic mass is 10.1. The molecule has 0 bridgehead atoms. The standard InChI is InChI=1S/C18H23N3/c1-3-11-19-17(8-1)18-10-9-16(15-20-18)7-2-4-12-21-13-5-6-14-21/h1,3,8-11,15H,2,4-7,12-14H2. The number of nitrogens with zero attached hydrogens (tertiary/aromatic N) is 3. The maximum Gasteiger partial charge on any atom is 0.0886 e. The molecule has 2 aromatic heterocycles. The van der Waals surface area contributed by atoms with E-state index in [0.717, 1.165) is 17.8 Å². The van der Waals surface area contributed by atoms with Crippen LogP contribution in [0.4, 0.5) is 0 Å². The van der Waals surface area contributed by atoms with Crippen molar-refractivity contribution in [1.82, 2.24) is 14.9 Å². The van der Waals surface area contributed by atoms with Gasteiger partial charge in [0.25, 0.3) is 0 Å². The molecule has 0 unspecified atom stereocenters. The van der Waals surface area contributed by atoms with Crippen molar-refractivity contribution in [3.8, 4) is 11.4 Å². The molecule has 0 aromatic carbocycles. The quantitative estimate of drug-likeness (QED) is 0.758. The summed E-state index contributed by atoms with van der Waals surface area (Å²) in [5, 5.41) is 0. The van der Waals surface area contributed by atoms with E-state index in [1.165, 1.54) is 50.9 Å². The minimum atomic E-state index is 0.943. The molecule has 3 rings (SSSR count). The molecule has 3 heterocycles. The topological polar surface area (TPSA) is 29.0 Å². The summed E-state index contributed by atoms with van der Waals surface area (Å²) < 4.78 is 0. The van der Waals surface area contributed by atoms with Crippen molar-refractivity contribution in [3.05, 3.63) is 48.3 Å². The normalized spacial score (nSPS) is 15.4. The molecule has 0 radical (unpaired) electrons. The van der Waals surface area contributed by atoms with Gasteiger partial charge in [0.05, 0.1) is 11.4 Å². The van der Waals surface area contributed by atoms with Crippen molar-refractivity contribution < 1.29 is 0 Å². The molecule has 0 atom stereocenters. The van der Waals surface area contributed by atoms with Gasteiger partial charge < -0.3 is 4.90 Å². The summed E-state index contributed by atoms with van der Waals surface area (Å²) in [7, 11) is 0. The number of rotatable bonds is 6. The van der Waals surface area contributed by atoms with Crippen LogP contribution < -0.4 is 0 Å². The van der Waals surface area contributed by atoms with Crippen molar-refractivity contribution in [2.45, 2.75) is 32.1 Å². The Balaban J connectivity index is 1.46. The molecule has 1 fully saturated rings. The Kier molecular flexibility index (Phi) is 4.95. The molecular weight excluding hydrogens is 258 g/mol. The smallest absolute Gasteiger partial charge is 0.0886 e. The highest BCUT2D eigenvalue weighted by Gasteiger charge is 2.10. The van der Waals surface area contributed by atoms with Crippen LogP contribution in [0.5, 0.6) is 0 Å². The first-order valence-electron chi connectivity index (χ1n) is 8.00. The SMILES string of the molecule is c1ccc(-c2ccc(CCCCN3CCCC3)cn2)nc1. The van der Waals surface area contributed by atoms with Crippen LogP contribution in [0.2, 0.25) is 0 Å². The number of unbranched alkanes of at least 4 members (excludes halogenated alkanes) is 1. The Morgan fingerprint density at radius 1 is 0.905 bits per heavy atom. The first kappa shape index (κ1) is 14.2. The average molecular weight is 281 g/mol. The van der Waals surface area contributed by atoms with Gasteiger partial charge in [-0.25, -0.2) is 0 Å². The average Bonchev–Trinajstić information content (AvgIpc) is 3.06. The molecule has 0 spiro atoms. The zero-order chi connectivity index (χ0) is 14.3. The summed E-state index contributed by atoms with van der Waals surface area (Å²) in [4.78, 5) is 11.4. The van der Waals surface area contributed by atoms with Crippen LogP contribution in [0.3, 0.4) is 0 Å². The van der Waals surface area contributed by atoms with Gasteiger partial charge in [-0.15, -0.1) is 0 Å². The fraction of sp³-hybridized carbons (Fsp3) is 0.444. The van der Waals surface area contributed by atoms with E-state index in [-0.39, 0.29) is 0 Å². The van der Waals surface area contributed by atoms with Gasteiger partial charge in [0, 0.05) is 12.4 Å². The van der Waals surface area contributed by atoms with Gasteiger partial charge in [-0.3, -0.25) is 9.97 Å². The fourth-order valence-corrected chi connectivity index (χ4v) is 2.91. The summed E-state index contributed by atoms with van der Waals surface area (Å²) in [5.41, 5.74) is 3.23. The number of hydrogen-bond donors (Lipinski definition) is 0. The third kappa shape index (κ3) is 4.11. The van der Waals surface area contributed by atoms with E-state index >= 15 is 0 Å². The predicted molar refractivity (Wildman–Crippen MR) is 86.1 cm³/mol. The molecule has 2 aromatic rings. The molecule has 0 saturated carbocycles. The molecule has 21 heavy (non-hydrogen) atoms. The maximum atomic E-state index is 4.53. The van der Waals surface area contributed by atoms with Gasteiger partial charge in [0.1, 0.15) is 0 Å². The molecule has 110 valence electrons. The molecule has 3 heteroatoms. The lowest BCUT2D eigenvalue weighted by molar-refractivity contribution is 0.330. The first-order valence-corrected chi connectivity index (χ1v) is 8.00. The Labute approximate surface area is 127 Å². The summed E-state index contributed by atoms with van der Waals surface area (Å²) in [5.74, 6) is 0. The van der Waals surface area contributed by atoms with E-state index in [9.17, 15) is 0 Å². The van der Waals surface area contributed by atoms with Gasteiger partial charge in [0.15, 0.2) is 0 Å². The molecule has 1 aliphatic heterocycles. The lowest BCUT2D eigenvalue weighted by Gasteiger charge is -2.13. The van der Waals surface area contributed by atoms with Gasteiger partial charge in [-0.2, -0.15) is 0 Å². The molecule has 0 N–H and O–H groups in total. The zero-order valence-electron chi connectivity index (χ0n) is 12.5. The number of likely N-dealkylation sites (tertiary alicyclic amines) is 1. The van der Waals surface area contributed by atoms with E-state index in [2.05, 4.69) is 27.0 Å². The highest BCUT2D eigenvalue weighted by atomic mass is 15.1. The van der Waals surface area contributed by atoms with Gasteiger partial charge >= 0.3 is 0 Å². The van der Waals surface area contributed by atoms with E-state index in [1.807, 2.05) is 30.6 Å². The number of pyridine rings is 2. The molecular formula is C18H23N3. The van der Waals surface area contributed by atoms with Crippen molar-refractivity contribution in [2.75, 3.05) is 19.6 Å². The van der Waals surface area contributed by atoms with Crippen LogP contribution in [0.25, 0.3) is 11.4 Å². The summed E-state index contributed by atoms with van der Waals surface area (Å²) in [6.07, 6.45) is 10.3. The molecule has 1 aliphatic rings. The Morgan fingerprint density at radius 2 is 1.76 bits per heavy atom. The van der Waals surface area contributed by atoms with Crippen LogP contribution in [0, 0.1) is 0 Å². The highest BCUT2D eigenvalue weighted by Crippen LogP contribution is 2.15. The summed E-state index contributed by atoms with van der Waals surface area (Å²) in [6, 6.07) is 10.2. The van der Waals surface area contributed by atoms with Crippen LogP contribution in [0.1, 0.15) is 31.2 Å². The van der Waals surface area contributed by atoms with Gasteiger partial charge in [0.2, 0.25) is 0 Å². The van der Waals surface area contributed by atoms with E-state index in [4.69, 9.17) is 0 Å². The van der Waals surface area contributed by atoms with Crippen LogP contribution in [0.15, 0.2) is 42.7 Å². The largest absolute Gasteiger partial charge is 0.303 e. The predicted octanol–water partition coefficient (Wildman–Crippen LogP) is 3.56. The number of hydrogen-bond acceptors (Lipinski definition) is 3. The lowest BCUT2D eigenvalue weighted by Crippen LogP contribution is -2.20. The third-order valence-corrected chi connectivity index (χ3v) is 4.14. The van der Waals surface area contributed by atoms with Crippen molar-refractivity contribution in [3.63, 3.8) is 0 Å². The second kappa shape index (κ2) is 7.32. The molecule has 0 aliphatic carbocycles. The zero-order valence-corrected chi connectivity index (χ0v) is 12.5. The van der Waals surface area contributed by atoms with Crippen molar-refractivity contribution in [2.24, 2.45) is 0 Å². The molecule has 1 saturated heterocycles. The summed E-state index contributed by atoms with van der Waals surface area (Å²) >= 11 is 0. The van der Waals surface area contributed by atoms with Crippen molar-refractivity contribution >= 4 is 0 Å². The Morgan fingerprint density at radius 3 is 2.48 bits per heavy atom. The Hall–Kier alpha value is -1.74. The number of aromatic nitrogens is 2. The van der Waals surface area contributed by atoms with Crippen molar-refractivity contribution in [1.29, 1.82) is 0 Å². The fourth-order valence-electron chi connectivity index (χ4n) is 2.91. The highest BCUT2D eigenvalue weighted by molar-refractivity contribution is 5.53. The monoisotopic (exact) mass is 281 g/mol. The van der Waals surface area contributed by atoms with Crippen LogP contribution in [-0.2, 0) is 6.42 Å².